The lowest BCUT2D eigenvalue weighted by molar-refractivity contribution is -0.116. The van der Waals surface area contributed by atoms with E-state index in [1.54, 1.807) is 28.8 Å². The molecule has 1 aromatic heterocycles. The first-order valence-corrected chi connectivity index (χ1v) is 7.31. The Hall–Kier alpha value is -1.27. The molecule has 4 nitrogen and oxygen atoms in total. The Morgan fingerprint density at radius 3 is 3.06 bits per heavy atom. The molecular formula is C12H12BrN3OS. The fourth-order valence-electron chi connectivity index (χ4n) is 1.47. The minimum atomic E-state index is -0.0937. The Morgan fingerprint density at radius 2 is 2.39 bits per heavy atom. The number of halogens is 1. The summed E-state index contributed by atoms with van der Waals surface area (Å²) in [6.07, 6.45) is 5.42. The summed E-state index contributed by atoms with van der Waals surface area (Å²) >= 11 is 4.93. The van der Waals surface area contributed by atoms with Crippen LogP contribution in [0.5, 0.6) is 0 Å². The fraction of sp³-hybridized carbons (Fsp3) is 0.167. The van der Waals surface area contributed by atoms with Crippen LogP contribution in [0.15, 0.2) is 46.0 Å². The van der Waals surface area contributed by atoms with Gasteiger partial charge in [0, 0.05) is 16.8 Å². The van der Waals surface area contributed by atoms with Gasteiger partial charge in [-0.3, -0.25) is 9.48 Å². The molecule has 6 heteroatoms. The summed E-state index contributed by atoms with van der Waals surface area (Å²) in [6.45, 7) is 0.203. The maximum absolute atomic E-state index is 11.8. The Bertz CT molecular complexity index is 556. The molecule has 0 radical (unpaired) electrons. The molecule has 0 aliphatic rings. The highest BCUT2D eigenvalue weighted by molar-refractivity contribution is 9.10. The van der Waals surface area contributed by atoms with Gasteiger partial charge in [0.05, 0.1) is 10.7 Å². The lowest BCUT2D eigenvalue weighted by Crippen LogP contribution is -2.18. The minimum absolute atomic E-state index is 0.0937. The molecule has 2 rings (SSSR count). The molecule has 0 saturated heterocycles. The van der Waals surface area contributed by atoms with E-state index in [1.807, 2.05) is 30.5 Å². The SMILES string of the molecule is CSc1cccc(NC(=O)Cn2cc(Br)cn2)c1. The van der Waals surface area contributed by atoms with Crippen molar-refractivity contribution in [2.24, 2.45) is 0 Å². The number of carbonyl (C=O) groups is 1. The number of nitrogens with zero attached hydrogens (tertiary/aromatic N) is 2. The third kappa shape index (κ3) is 3.61. The molecule has 0 saturated carbocycles. The van der Waals surface area contributed by atoms with Gasteiger partial charge in [-0.25, -0.2) is 0 Å². The Labute approximate surface area is 118 Å². The van der Waals surface area contributed by atoms with Crippen molar-refractivity contribution in [1.29, 1.82) is 0 Å². The highest BCUT2D eigenvalue weighted by Gasteiger charge is 2.05. The van der Waals surface area contributed by atoms with Crippen molar-refractivity contribution in [2.45, 2.75) is 11.4 Å². The zero-order valence-electron chi connectivity index (χ0n) is 9.76. The number of hydrogen-bond donors (Lipinski definition) is 1. The first kappa shape index (κ1) is 13.2. The van der Waals surface area contributed by atoms with Crippen molar-refractivity contribution in [1.82, 2.24) is 9.78 Å². The second-order valence-corrected chi connectivity index (χ2v) is 5.43. The molecule has 1 N–H and O–H groups in total. The molecule has 0 atom stereocenters. The largest absolute Gasteiger partial charge is 0.324 e. The molecule has 2 aromatic rings. The van der Waals surface area contributed by atoms with Crippen LogP contribution in [0.3, 0.4) is 0 Å². The molecule has 0 aliphatic carbocycles. The van der Waals surface area contributed by atoms with E-state index >= 15 is 0 Å². The molecule has 18 heavy (non-hydrogen) atoms. The number of amides is 1. The highest BCUT2D eigenvalue weighted by atomic mass is 79.9. The first-order valence-electron chi connectivity index (χ1n) is 5.29. The average Bonchev–Trinajstić information content (AvgIpc) is 2.74. The monoisotopic (exact) mass is 325 g/mol. The standard InChI is InChI=1S/C12H12BrN3OS/c1-18-11-4-2-3-10(5-11)15-12(17)8-16-7-9(13)6-14-16/h2-7H,8H2,1H3,(H,15,17). The van der Waals surface area contributed by atoms with Crippen LogP contribution >= 0.6 is 27.7 Å². The number of carbonyl (C=O) groups excluding carboxylic acids is 1. The van der Waals surface area contributed by atoms with Gasteiger partial charge in [-0.15, -0.1) is 11.8 Å². The summed E-state index contributed by atoms with van der Waals surface area (Å²) in [6, 6.07) is 7.75. The smallest absolute Gasteiger partial charge is 0.246 e. The third-order valence-corrected chi connectivity index (χ3v) is 3.40. The van der Waals surface area contributed by atoms with Crippen LogP contribution < -0.4 is 5.32 Å². The molecule has 0 aliphatic heterocycles. The zero-order valence-corrected chi connectivity index (χ0v) is 12.2. The number of aromatic nitrogens is 2. The number of anilines is 1. The van der Waals surface area contributed by atoms with Crippen LogP contribution in [0.25, 0.3) is 0 Å². The molecule has 0 bridgehead atoms. The average molecular weight is 326 g/mol. The summed E-state index contributed by atoms with van der Waals surface area (Å²) < 4.78 is 2.44. The summed E-state index contributed by atoms with van der Waals surface area (Å²) in [7, 11) is 0. The Kier molecular flexibility index (Phi) is 4.43. The lowest BCUT2D eigenvalue weighted by atomic mass is 10.3. The Morgan fingerprint density at radius 1 is 1.56 bits per heavy atom. The van der Waals surface area contributed by atoms with Crippen LogP contribution in [0, 0.1) is 0 Å². The van der Waals surface area contributed by atoms with Crippen LogP contribution in [-0.4, -0.2) is 21.9 Å². The second-order valence-electron chi connectivity index (χ2n) is 3.64. The van der Waals surface area contributed by atoms with Crippen molar-refractivity contribution in [2.75, 3.05) is 11.6 Å². The van der Waals surface area contributed by atoms with Crippen LogP contribution in [0.1, 0.15) is 0 Å². The predicted molar refractivity (Wildman–Crippen MR) is 76.8 cm³/mol. The van der Waals surface area contributed by atoms with Gasteiger partial charge < -0.3 is 5.32 Å². The molecule has 1 heterocycles. The van der Waals surface area contributed by atoms with Gasteiger partial charge in [-0.2, -0.15) is 5.10 Å². The maximum Gasteiger partial charge on any atom is 0.246 e. The van der Waals surface area contributed by atoms with Gasteiger partial charge >= 0.3 is 0 Å². The van der Waals surface area contributed by atoms with E-state index in [0.29, 0.717) is 0 Å². The van der Waals surface area contributed by atoms with E-state index in [1.165, 1.54) is 0 Å². The number of thioether (sulfide) groups is 1. The maximum atomic E-state index is 11.8. The molecule has 0 fully saturated rings. The number of benzene rings is 1. The predicted octanol–water partition coefficient (Wildman–Crippen LogP) is 3.01. The van der Waals surface area contributed by atoms with Crippen molar-refractivity contribution in [3.8, 4) is 0 Å². The fourth-order valence-corrected chi connectivity index (χ4v) is 2.26. The number of nitrogens with one attached hydrogen (secondary N) is 1. The molecule has 1 amide bonds. The van der Waals surface area contributed by atoms with Gasteiger partial charge in [0.2, 0.25) is 5.91 Å². The first-order chi connectivity index (χ1) is 8.67. The van der Waals surface area contributed by atoms with Gasteiger partial charge in [0.15, 0.2) is 0 Å². The van der Waals surface area contributed by atoms with Crippen molar-refractivity contribution in [3.63, 3.8) is 0 Å². The molecule has 1 aromatic carbocycles. The Balaban J connectivity index is 1.98. The molecule has 0 spiro atoms. The highest BCUT2D eigenvalue weighted by Crippen LogP contribution is 2.18. The summed E-state index contributed by atoms with van der Waals surface area (Å²) in [5.74, 6) is -0.0937. The van der Waals surface area contributed by atoms with Gasteiger partial charge in [0.1, 0.15) is 6.54 Å². The van der Waals surface area contributed by atoms with E-state index in [9.17, 15) is 4.79 Å². The molecule has 94 valence electrons. The third-order valence-electron chi connectivity index (χ3n) is 2.26. The quantitative estimate of drug-likeness (QED) is 0.879. The lowest BCUT2D eigenvalue weighted by Gasteiger charge is -2.06. The minimum Gasteiger partial charge on any atom is -0.324 e. The number of hydrogen-bond acceptors (Lipinski definition) is 3. The molecule has 0 unspecified atom stereocenters. The van der Waals surface area contributed by atoms with E-state index in [-0.39, 0.29) is 12.5 Å². The van der Waals surface area contributed by atoms with Crippen LogP contribution in [0.2, 0.25) is 0 Å². The van der Waals surface area contributed by atoms with Gasteiger partial charge in [-0.1, -0.05) is 6.07 Å². The van der Waals surface area contributed by atoms with Crippen LogP contribution in [-0.2, 0) is 11.3 Å². The van der Waals surface area contributed by atoms with Gasteiger partial charge in [0.25, 0.3) is 0 Å². The van der Waals surface area contributed by atoms with E-state index in [4.69, 9.17) is 0 Å². The zero-order chi connectivity index (χ0) is 13.0. The normalized spacial score (nSPS) is 10.3. The van der Waals surface area contributed by atoms with Crippen molar-refractivity contribution >= 4 is 39.3 Å². The van der Waals surface area contributed by atoms with Crippen LogP contribution in [0.4, 0.5) is 5.69 Å². The van der Waals surface area contributed by atoms with E-state index in [0.717, 1.165) is 15.1 Å². The van der Waals surface area contributed by atoms with E-state index in [2.05, 4.69) is 26.3 Å². The number of rotatable bonds is 4. The topological polar surface area (TPSA) is 46.9 Å². The second kappa shape index (κ2) is 6.06. The summed E-state index contributed by atoms with van der Waals surface area (Å²) in [5, 5.41) is 6.88. The summed E-state index contributed by atoms with van der Waals surface area (Å²) in [5.41, 5.74) is 0.804. The van der Waals surface area contributed by atoms with Crippen molar-refractivity contribution < 1.29 is 4.79 Å². The van der Waals surface area contributed by atoms with E-state index < -0.39 is 0 Å². The summed E-state index contributed by atoms with van der Waals surface area (Å²) in [4.78, 5) is 12.9. The molecular weight excluding hydrogens is 314 g/mol. The van der Waals surface area contributed by atoms with Crippen molar-refractivity contribution in [3.05, 3.63) is 41.1 Å². The van der Waals surface area contributed by atoms with Gasteiger partial charge in [-0.05, 0) is 40.4 Å².